The molecule has 1 aromatic carbocycles. The van der Waals surface area contributed by atoms with Crippen LogP contribution in [-0.2, 0) is 11.4 Å². The van der Waals surface area contributed by atoms with Crippen molar-refractivity contribution in [1.29, 1.82) is 0 Å². The lowest BCUT2D eigenvalue weighted by molar-refractivity contribution is 0.529. The fraction of sp³-hybridized carbons (Fsp3) is 0.292. The summed E-state index contributed by atoms with van der Waals surface area (Å²) in [6.07, 6.45) is 1.85. The molecule has 0 aliphatic heterocycles. The van der Waals surface area contributed by atoms with Crippen LogP contribution in [0.4, 0.5) is 0 Å². The first-order valence-corrected chi connectivity index (χ1v) is 11.4. The summed E-state index contributed by atoms with van der Waals surface area (Å²) in [7, 11) is 0. The summed E-state index contributed by atoms with van der Waals surface area (Å²) in [5.74, 6) is 0.788. The average Bonchev–Trinajstić information content (AvgIpc) is 3.16. The van der Waals surface area contributed by atoms with Crippen molar-refractivity contribution >= 4 is 22.3 Å². The van der Waals surface area contributed by atoms with Gasteiger partial charge in [-0.05, 0) is 65.0 Å². The van der Waals surface area contributed by atoms with Crippen LogP contribution in [0, 0.1) is 6.92 Å². The Bertz CT molecular complexity index is 1210. The van der Waals surface area contributed by atoms with E-state index in [1.165, 1.54) is 0 Å². The molecule has 0 amide bonds. The van der Waals surface area contributed by atoms with Gasteiger partial charge in [0.1, 0.15) is 4.75 Å². The number of aromatic nitrogens is 4. The highest BCUT2D eigenvalue weighted by Gasteiger charge is 2.28. The quantitative estimate of drug-likeness (QED) is 0.453. The molecule has 0 saturated heterocycles. The van der Waals surface area contributed by atoms with Crippen molar-refractivity contribution in [3.63, 3.8) is 0 Å². The van der Waals surface area contributed by atoms with Crippen LogP contribution in [0.15, 0.2) is 60.8 Å². The third kappa shape index (κ3) is 4.63. The number of benzene rings is 1. The molecule has 6 nitrogen and oxygen atoms in total. The molecule has 0 fully saturated rings. The van der Waals surface area contributed by atoms with Gasteiger partial charge < -0.3 is 4.55 Å². The minimum Gasteiger partial charge on any atom is -0.598 e. The van der Waals surface area contributed by atoms with Gasteiger partial charge in [-0.15, -0.1) is 4.72 Å². The highest BCUT2D eigenvalue weighted by molar-refractivity contribution is 7.90. The average molecular weight is 434 g/mol. The third-order valence-electron chi connectivity index (χ3n) is 5.01. The first-order chi connectivity index (χ1) is 14.7. The van der Waals surface area contributed by atoms with Crippen LogP contribution < -0.4 is 4.72 Å². The van der Waals surface area contributed by atoms with E-state index >= 15 is 0 Å². The summed E-state index contributed by atoms with van der Waals surface area (Å²) in [5.41, 5.74) is 4.63. The summed E-state index contributed by atoms with van der Waals surface area (Å²) >= 11 is -1.17. The predicted octanol–water partition coefficient (Wildman–Crippen LogP) is 4.90. The van der Waals surface area contributed by atoms with Crippen molar-refractivity contribution in [3.05, 3.63) is 72.2 Å². The number of rotatable bonds is 5. The van der Waals surface area contributed by atoms with E-state index in [-0.39, 0.29) is 10.8 Å². The second-order valence-corrected chi connectivity index (χ2v) is 10.6. The highest BCUT2D eigenvalue weighted by Crippen LogP contribution is 2.26. The molecule has 0 bridgehead atoms. The fourth-order valence-electron chi connectivity index (χ4n) is 3.26. The topological polar surface area (TPSA) is 78.7 Å². The predicted molar refractivity (Wildman–Crippen MR) is 126 cm³/mol. The second-order valence-electron chi connectivity index (χ2n) is 8.64. The molecule has 4 rings (SSSR count). The van der Waals surface area contributed by atoms with Gasteiger partial charge in [-0.1, -0.05) is 24.3 Å². The molecule has 1 N–H and O–H groups in total. The zero-order valence-corrected chi connectivity index (χ0v) is 19.3. The van der Waals surface area contributed by atoms with Crippen molar-refractivity contribution in [1.82, 2.24) is 24.5 Å². The Morgan fingerprint density at radius 2 is 1.81 bits per heavy atom. The lowest BCUT2D eigenvalue weighted by Crippen LogP contribution is -2.40. The number of aryl methyl sites for hydroxylation is 1. The van der Waals surface area contributed by atoms with Gasteiger partial charge in [-0.2, -0.15) is 5.10 Å². The van der Waals surface area contributed by atoms with Gasteiger partial charge in [0, 0.05) is 28.0 Å². The largest absolute Gasteiger partial charge is 0.598 e. The Kier molecular flexibility index (Phi) is 5.83. The lowest BCUT2D eigenvalue weighted by atomic mass is 10.1. The molecular formula is C24H27N5OS. The zero-order valence-electron chi connectivity index (χ0n) is 18.5. The molecule has 3 aromatic heterocycles. The summed E-state index contributed by atoms with van der Waals surface area (Å²) in [5, 5.41) is 5.57. The number of fused-ring (bicyclic) bond motifs is 1. The van der Waals surface area contributed by atoms with Gasteiger partial charge in [-0.3, -0.25) is 4.98 Å². The minimum absolute atomic E-state index is 0.134. The van der Waals surface area contributed by atoms with E-state index in [2.05, 4.69) is 33.0 Å². The second kappa shape index (κ2) is 8.42. The van der Waals surface area contributed by atoms with Crippen LogP contribution in [0.5, 0.6) is 0 Å². The molecule has 31 heavy (non-hydrogen) atoms. The SMILES string of the molecule is Cc1cccc(-n2ncc3ccc(-c4cccc([C@H](C)N[S@+]([O-])C(C)(C)C)n4)cc32)n1. The molecule has 2 atom stereocenters. The van der Waals surface area contributed by atoms with Crippen LogP contribution in [0.25, 0.3) is 28.0 Å². The van der Waals surface area contributed by atoms with Crippen molar-refractivity contribution in [2.45, 2.75) is 45.4 Å². The van der Waals surface area contributed by atoms with Crippen molar-refractivity contribution < 1.29 is 4.55 Å². The highest BCUT2D eigenvalue weighted by atomic mass is 32.2. The third-order valence-corrected chi connectivity index (χ3v) is 6.69. The maximum atomic E-state index is 12.5. The summed E-state index contributed by atoms with van der Waals surface area (Å²) in [6.45, 7) is 9.81. The summed E-state index contributed by atoms with van der Waals surface area (Å²) in [4.78, 5) is 9.44. The van der Waals surface area contributed by atoms with Crippen molar-refractivity contribution in [3.8, 4) is 17.1 Å². The van der Waals surface area contributed by atoms with E-state index in [0.29, 0.717) is 0 Å². The van der Waals surface area contributed by atoms with Crippen molar-refractivity contribution in [2.24, 2.45) is 0 Å². The molecule has 0 spiro atoms. The van der Waals surface area contributed by atoms with E-state index in [4.69, 9.17) is 4.98 Å². The monoisotopic (exact) mass is 433 g/mol. The summed E-state index contributed by atoms with van der Waals surface area (Å²) < 4.78 is 17.2. The van der Waals surface area contributed by atoms with Crippen LogP contribution in [-0.4, -0.2) is 29.0 Å². The fourth-order valence-corrected chi connectivity index (χ4v) is 4.05. The van der Waals surface area contributed by atoms with Crippen molar-refractivity contribution in [2.75, 3.05) is 0 Å². The molecule has 0 radical (unpaired) electrons. The molecule has 3 heterocycles. The molecule has 160 valence electrons. The van der Waals surface area contributed by atoms with Gasteiger partial charge in [0.15, 0.2) is 5.82 Å². The number of nitrogens with one attached hydrogen (secondary N) is 1. The molecule has 4 aromatic rings. The molecule has 0 aliphatic rings. The first kappa shape index (κ1) is 21.5. The normalized spacial score (nSPS) is 14.0. The van der Waals surface area contributed by atoms with E-state index < -0.39 is 11.4 Å². The lowest BCUT2D eigenvalue weighted by Gasteiger charge is -2.26. The van der Waals surface area contributed by atoms with Gasteiger partial charge >= 0.3 is 0 Å². The molecular weight excluding hydrogens is 406 g/mol. The van der Waals surface area contributed by atoms with E-state index in [9.17, 15) is 4.55 Å². The first-order valence-electron chi connectivity index (χ1n) is 10.3. The summed E-state index contributed by atoms with van der Waals surface area (Å²) in [6, 6.07) is 17.9. The number of nitrogens with zero attached hydrogens (tertiary/aromatic N) is 4. The number of hydrogen-bond acceptors (Lipinski definition) is 5. The maximum Gasteiger partial charge on any atom is 0.154 e. The minimum atomic E-state index is -1.17. The molecule has 0 unspecified atom stereocenters. The molecule has 0 saturated carbocycles. The van der Waals surface area contributed by atoms with Gasteiger partial charge in [-0.25, -0.2) is 9.67 Å². The maximum absolute atomic E-state index is 12.5. The van der Waals surface area contributed by atoms with Gasteiger partial charge in [0.25, 0.3) is 0 Å². The molecule has 7 heteroatoms. The smallest absolute Gasteiger partial charge is 0.154 e. The van der Waals surface area contributed by atoms with Crippen LogP contribution in [0.3, 0.4) is 0 Å². The van der Waals surface area contributed by atoms with Crippen LogP contribution in [0.1, 0.15) is 45.1 Å². The van der Waals surface area contributed by atoms with Crippen LogP contribution >= 0.6 is 0 Å². The number of pyridine rings is 2. The Morgan fingerprint density at radius 1 is 1.03 bits per heavy atom. The van der Waals surface area contributed by atoms with E-state index in [0.717, 1.165) is 39.4 Å². The molecule has 0 aliphatic carbocycles. The number of hydrogen-bond donors (Lipinski definition) is 1. The Balaban J connectivity index is 1.68. The zero-order chi connectivity index (χ0) is 22.2. The van der Waals surface area contributed by atoms with E-state index in [1.807, 2.05) is 81.9 Å². The standard InChI is InChI=1S/C24H27N5OS/c1-16-8-6-11-23(26-16)29-22-14-18(12-13-19(22)15-25-29)21-10-7-9-20(27-21)17(2)28-31(30)24(3,4)5/h6-15,17,28H,1-5H3/t17-,31+/m0/s1. The van der Waals surface area contributed by atoms with E-state index in [1.54, 1.807) is 0 Å². The Hall–Kier alpha value is -2.74. The van der Waals surface area contributed by atoms with Gasteiger partial charge in [0.2, 0.25) is 0 Å². The Labute approximate surface area is 186 Å². The Morgan fingerprint density at radius 3 is 2.55 bits per heavy atom. The van der Waals surface area contributed by atoms with Gasteiger partial charge in [0.05, 0.1) is 29.1 Å². The van der Waals surface area contributed by atoms with Crippen LogP contribution in [0.2, 0.25) is 0 Å².